The summed E-state index contributed by atoms with van der Waals surface area (Å²) in [7, 11) is 4.04. The van der Waals surface area contributed by atoms with Crippen molar-refractivity contribution in [2.24, 2.45) is 7.05 Å². The van der Waals surface area contributed by atoms with E-state index in [9.17, 15) is 0 Å². The van der Waals surface area contributed by atoms with Gasteiger partial charge in [0.2, 0.25) is 0 Å². The average molecular weight is 192 g/mol. The van der Waals surface area contributed by atoms with Crippen LogP contribution in [-0.4, -0.2) is 28.4 Å². The molecule has 0 aliphatic heterocycles. The number of fused-ring (bicyclic) bond motifs is 1. The highest BCUT2D eigenvalue weighted by Gasteiger charge is 2.11. The Morgan fingerprint density at radius 2 is 2.36 bits per heavy atom. The fourth-order valence-electron chi connectivity index (χ4n) is 1.78. The number of aromatic nitrogens is 3. The fourth-order valence-corrected chi connectivity index (χ4v) is 1.78. The number of anilines is 1. The minimum Gasteiger partial charge on any atom is -0.358 e. The fraction of sp³-hybridized carbons (Fsp3) is 0.500. The molecule has 2 heterocycles. The van der Waals surface area contributed by atoms with Gasteiger partial charge in [-0.1, -0.05) is 6.92 Å². The zero-order chi connectivity index (χ0) is 10.1. The Kier molecular flexibility index (Phi) is 2.19. The molecular weight excluding hydrogens is 176 g/mol. The van der Waals surface area contributed by atoms with Gasteiger partial charge in [-0.2, -0.15) is 5.10 Å². The van der Waals surface area contributed by atoms with Crippen LogP contribution < -0.4 is 4.90 Å². The quantitative estimate of drug-likeness (QED) is 0.804. The highest BCUT2D eigenvalue weighted by molar-refractivity contribution is 5.88. The van der Waals surface area contributed by atoms with Gasteiger partial charge < -0.3 is 9.88 Å². The topological polar surface area (TPSA) is 36.9 Å². The maximum atomic E-state index is 4.48. The predicted molar refractivity (Wildman–Crippen MR) is 58.6 cm³/mol. The molecule has 0 spiro atoms. The zero-order valence-electron chi connectivity index (χ0n) is 8.91. The lowest BCUT2D eigenvalue weighted by Gasteiger charge is -2.14. The molecule has 0 bridgehead atoms. The van der Waals surface area contributed by atoms with E-state index in [0.29, 0.717) is 0 Å². The number of rotatable bonds is 3. The molecule has 4 heteroatoms. The summed E-state index contributed by atoms with van der Waals surface area (Å²) in [4.78, 5) is 5.37. The Morgan fingerprint density at radius 3 is 3.07 bits per heavy atom. The van der Waals surface area contributed by atoms with Gasteiger partial charge in [-0.25, -0.2) is 4.68 Å². The monoisotopic (exact) mass is 192 g/mol. The number of nitrogens with one attached hydrogen (secondary N) is 1. The maximum absolute atomic E-state index is 4.48. The zero-order valence-corrected chi connectivity index (χ0v) is 8.91. The summed E-state index contributed by atoms with van der Waals surface area (Å²) in [5, 5.41) is 5.68. The number of aryl methyl sites for hydroxylation is 1. The number of aromatic amines is 1. The Labute approximate surface area is 83.5 Å². The third-order valence-electron chi connectivity index (χ3n) is 2.45. The Bertz CT molecular complexity index is 426. The van der Waals surface area contributed by atoms with Crippen LogP contribution in [0, 0.1) is 0 Å². The second-order valence-electron chi connectivity index (χ2n) is 3.61. The molecule has 0 aliphatic rings. The van der Waals surface area contributed by atoms with Crippen LogP contribution in [0.4, 0.5) is 5.82 Å². The first-order valence-electron chi connectivity index (χ1n) is 4.95. The molecule has 2 aromatic rings. The summed E-state index contributed by atoms with van der Waals surface area (Å²) < 4.78 is 1.89. The van der Waals surface area contributed by atoms with Crippen molar-refractivity contribution in [1.29, 1.82) is 0 Å². The van der Waals surface area contributed by atoms with Crippen molar-refractivity contribution in [3.63, 3.8) is 0 Å². The molecule has 0 saturated heterocycles. The normalized spacial score (nSPS) is 11.1. The molecule has 76 valence electrons. The average Bonchev–Trinajstić information content (AvgIpc) is 2.70. The molecule has 0 atom stereocenters. The first kappa shape index (κ1) is 9.12. The molecule has 0 saturated carbocycles. The SMILES string of the molecule is CCCN(C)c1nn(C)c2[nH]ccc12. The van der Waals surface area contributed by atoms with Gasteiger partial charge in [0.25, 0.3) is 0 Å². The molecular formula is C10H16N4. The standard InChI is InChI=1S/C10H16N4/c1-4-7-13(2)10-8-5-6-11-9(8)14(3)12-10/h5-6,11H,4,7H2,1-3H3. The first-order valence-corrected chi connectivity index (χ1v) is 4.95. The third kappa shape index (κ3) is 1.27. The molecule has 0 amide bonds. The van der Waals surface area contributed by atoms with Crippen LogP contribution in [0.5, 0.6) is 0 Å². The molecule has 2 aromatic heterocycles. The summed E-state index contributed by atoms with van der Waals surface area (Å²) in [6.07, 6.45) is 3.09. The molecule has 0 unspecified atom stereocenters. The van der Waals surface area contributed by atoms with Crippen molar-refractivity contribution in [3.8, 4) is 0 Å². The number of hydrogen-bond donors (Lipinski definition) is 1. The molecule has 14 heavy (non-hydrogen) atoms. The van der Waals surface area contributed by atoms with Crippen LogP contribution in [0.15, 0.2) is 12.3 Å². The van der Waals surface area contributed by atoms with E-state index in [1.165, 1.54) is 5.39 Å². The highest BCUT2D eigenvalue weighted by Crippen LogP contribution is 2.23. The maximum Gasteiger partial charge on any atom is 0.159 e. The van der Waals surface area contributed by atoms with Crippen LogP contribution >= 0.6 is 0 Å². The van der Waals surface area contributed by atoms with E-state index in [4.69, 9.17) is 0 Å². The van der Waals surface area contributed by atoms with E-state index in [1.807, 2.05) is 17.9 Å². The first-order chi connectivity index (χ1) is 6.74. The molecule has 1 N–H and O–H groups in total. The van der Waals surface area contributed by atoms with E-state index < -0.39 is 0 Å². The lowest BCUT2D eigenvalue weighted by atomic mass is 10.3. The number of hydrogen-bond acceptors (Lipinski definition) is 2. The molecule has 0 aliphatic carbocycles. The van der Waals surface area contributed by atoms with Gasteiger partial charge in [0, 0.05) is 26.8 Å². The van der Waals surface area contributed by atoms with Gasteiger partial charge in [0.05, 0.1) is 5.39 Å². The van der Waals surface area contributed by atoms with Gasteiger partial charge in [-0.3, -0.25) is 0 Å². The van der Waals surface area contributed by atoms with Gasteiger partial charge in [-0.05, 0) is 12.5 Å². The Hall–Kier alpha value is -1.45. The minimum atomic E-state index is 1.04. The summed E-state index contributed by atoms with van der Waals surface area (Å²) in [5.41, 5.74) is 1.09. The van der Waals surface area contributed by atoms with Crippen LogP contribution in [-0.2, 0) is 7.05 Å². The minimum absolute atomic E-state index is 1.04. The summed E-state index contributed by atoms with van der Waals surface area (Å²) in [6.45, 7) is 3.21. The van der Waals surface area contributed by atoms with Gasteiger partial charge in [0.1, 0.15) is 5.65 Å². The van der Waals surface area contributed by atoms with E-state index in [1.54, 1.807) is 0 Å². The van der Waals surface area contributed by atoms with E-state index in [0.717, 1.165) is 24.4 Å². The van der Waals surface area contributed by atoms with Crippen molar-refractivity contribution in [3.05, 3.63) is 12.3 Å². The van der Waals surface area contributed by atoms with Gasteiger partial charge in [-0.15, -0.1) is 0 Å². The third-order valence-corrected chi connectivity index (χ3v) is 2.45. The molecule has 0 radical (unpaired) electrons. The van der Waals surface area contributed by atoms with Crippen LogP contribution in [0.1, 0.15) is 13.3 Å². The summed E-state index contributed by atoms with van der Waals surface area (Å²) >= 11 is 0. The molecule has 0 fully saturated rings. The van der Waals surface area contributed by atoms with Crippen molar-refractivity contribution in [2.75, 3.05) is 18.5 Å². The second kappa shape index (κ2) is 3.36. The lowest BCUT2D eigenvalue weighted by Crippen LogP contribution is -2.18. The van der Waals surface area contributed by atoms with Crippen molar-refractivity contribution in [2.45, 2.75) is 13.3 Å². The molecule has 0 aromatic carbocycles. The molecule has 4 nitrogen and oxygen atoms in total. The van der Waals surface area contributed by atoms with Crippen LogP contribution in [0.25, 0.3) is 11.0 Å². The van der Waals surface area contributed by atoms with Gasteiger partial charge in [0.15, 0.2) is 5.82 Å². The summed E-state index contributed by atoms with van der Waals surface area (Å²) in [6, 6.07) is 2.07. The van der Waals surface area contributed by atoms with E-state index >= 15 is 0 Å². The Balaban J connectivity index is 2.45. The van der Waals surface area contributed by atoms with Crippen LogP contribution in [0.3, 0.4) is 0 Å². The number of H-pyrrole nitrogens is 1. The lowest BCUT2D eigenvalue weighted by molar-refractivity contribution is 0.759. The molecule has 2 rings (SSSR count). The second-order valence-corrected chi connectivity index (χ2v) is 3.61. The predicted octanol–water partition coefficient (Wildman–Crippen LogP) is 1.75. The number of nitrogens with zero attached hydrogens (tertiary/aromatic N) is 3. The van der Waals surface area contributed by atoms with E-state index in [2.05, 4.69) is 35.0 Å². The highest BCUT2D eigenvalue weighted by atomic mass is 15.4. The smallest absolute Gasteiger partial charge is 0.159 e. The van der Waals surface area contributed by atoms with E-state index in [-0.39, 0.29) is 0 Å². The Morgan fingerprint density at radius 1 is 1.57 bits per heavy atom. The van der Waals surface area contributed by atoms with Crippen LogP contribution in [0.2, 0.25) is 0 Å². The van der Waals surface area contributed by atoms with Gasteiger partial charge >= 0.3 is 0 Å². The van der Waals surface area contributed by atoms with Crippen molar-refractivity contribution in [1.82, 2.24) is 14.8 Å². The summed E-state index contributed by atoms with van der Waals surface area (Å²) in [5.74, 6) is 1.06. The largest absolute Gasteiger partial charge is 0.358 e. The van der Waals surface area contributed by atoms with Crippen molar-refractivity contribution < 1.29 is 0 Å². The van der Waals surface area contributed by atoms with Crippen molar-refractivity contribution >= 4 is 16.9 Å².